The van der Waals surface area contributed by atoms with Crippen molar-refractivity contribution in [2.45, 2.75) is 25.8 Å². The minimum absolute atomic E-state index is 0.226. The van der Waals surface area contributed by atoms with Crippen LogP contribution in [0.2, 0.25) is 0 Å². The van der Waals surface area contributed by atoms with Gasteiger partial charge in [0.25, 0.3) is 0 Å². The van der Waals surface area contributed by atoms with Gasteiger partial charge in [0, 0.05) is 38.0 Å². The highest BCUT2D eigenvalue weighted by Gasteiger charge is 2.21. The van der Waals surface area contributed by atoms with Crippen LogP contribution in [-0.2, 0) is 6.42 Å². The fourth-order valence-corrected chi connectivity index (χ4v) is 2.95. The maximum absolute atomic E-state index is 5.71. The molecule has 126 valence electrons. The summed E-state index contributed by atoms with van der Waals surface area (Å²) in [6.45, 7) is 3.64. The van der Waals surface area contributed by atoms with Gasteiger partial charge in [-0.3, -0.25) is 9.98 Å². The summed E-state index contributed by atoms with van der Waals surface area (Å²) in [5.74, 6) is 1.78. The Bertz CT molecular complexity index is 714. The Balaban J connectivity index is 1.57. The lowest BCUT2D eigenvalue weighted by Crippen LogP contribution is -2.41. The number of fused-ring (bicyclic) bond motifs is 1. The number of aromatic nitrogens is 1. The molecule has 2 heterocycles. The van der Waals surface area contributed by atoms with Crippen LogP contribution in [0.4, 0.5) is 0 Å². The van der Waals surface area contributed by atoms with E-state index in [0.29, 0.717) is 0 Å². The van der Waals surface area contributed by atoms with Crippen molar-refractivity contribution in [1.82, 2.24) is 15.6 Å². The molecule has 0 spiro atoms. The molecule has 0 saturated heterocycles. The third kappa shape index (κ3) is 3.85. The monoisotopic (exact) mass is 324 g/mol. The second-order valence-corrected chi connectivity index (χ2v) is 5.92. The van der Waals surface area contributed by atoms with Crippen molar-refractivity contribution >= 4 is 5.96 Å². The number of ether oxygens (including phenoxy) is 1. The minimum Gasteiger partial charge on any atom is -0.493 e. The lowest BCUT2D eigenvalue weighted by Gasteiger charge is -2.28. The summed E-state index contributed by atoms with van der Waals surface area (Å²) in [7, 11) is 1.80. The van der Waals surface area contributed by atoms with Crippen molar-refractivity contribution in [3.05, 3.63) is 59.4 Å². The number of aryl methyl sites for hydroxylation is 1. The highest BCUT2D eigenvalue weighted by Crippen LogP contribution is 2.31. The van der Waals surface area contributed by atoms with E-state index in [4.69, 9.17) is 4.74 Å². The summed E-state index contributed by atoms with van der Waals surface area (Å²) < 4.78 is 5.71. The smallest absolute Gasteiger partial charge is 0.191 e. The molecule has 2 aromatic rings. The Kier molecular flexibility index (Phi) is 5.31. The van der Waals surface area contributed by atoms with Crippen molar-refractivity contribution < 1.29 is 4.74 Å². The van der Waals surface area contributed by atoms with Crippen LogP contribution in [0.25, 0.3) is 0 Å². The van der Waals surface area contributed by atoms with Crippen LogP contribution < -0.4 is 15.4 Å². The van der Waals surface area contributed by atoms with Gasteiger partial charge < -0.3 is 15.4 Å². The molecule has 1 aliphatic rings. The Hall–Kier alpha value is -2.56. The van der Waals surface area contributed by atoms with Gasteiger partial charge in [-0.2, -0.15) is 0 Å². The second-order valence-electron chi connectivity index (χ2n) is 5.92. The standard InChI is InChI=1S/C19H24N4O/c1-14-13-21-10-7-15(14)8-11-22-19(20-2)23-17-9-12-24-18-6-4-3-5-16(17)18/h3-7,10,13,17H,8-9,11-12H2,1-2H3,(H2,20,22,23). The molecule has 1 aliphatic heterocycles. The first kappa shape index (κ1) is 16.3. The van der Waals surface area contributed by atoms with Gasteiger partial charge >= 0.3 is 0 Å². The predicted octanol–water partition coefficient (Wildman–Crippen LogP) is 2.62. The number of aliphatic imine (C=N–C) groups is 1. The Labute approximate surface area is 143 Å². The Morgan fingerprint density at radius 1 is 1.33 bits per heavy atom. The second kappa shape index (κ2) is 7.81. The highest BCUT2D eigenvalue weighted by molar-refractivity contribution is 5.80. The normalized spacial score (nSPS) is 16.9. The topological polar surface area (TPSA) is 58.5 Å². The molecule has 0 radical (unpaired) electrons. The molecule has 0 bridgehead atoms. The minimum atomic E-state index is 0.226. The van der Waals surface area contributed by atoms with Gasteiger partial charge in [-0.05, 0) is 36.6 Å². The summed E-state index contributed by atoms with van der Waals surface area (Å²) in [6.07, 6.45) is 5.62. The van der Waals surface area contributed by atoms with Crippen molar-refractivity contribution in [3.63, 3.8) is 0 Å². The van der Waals surface area contributed by atoms with Crippen molar-refractivity contribution in [2.75, 3.05) is 20.2 Å². The quantitative estimate of drug-likeness (QED) is 0.670. The molecule has 1 aromatic heterocycles. The molecule has 0 amide bonds. The molecule has 5 nitrogen and oxygen atoms in total. The van der Waals surface area contributed by atoms with Gasteiger partial charge in [-0.25, -0.2) is 0 Å². The van der Waals surface area contributed by atoms with Crippen LogP contribution in [-0.4, -0.2) is 31.1 Å². The molecule has 2 N–H and O–H groups in total. The molecule has 0 aliphatic carbocycles. The SMILES string of the molecule is CN=C(NCCc1ccncc1C)NC1CCOc2ccccc21. The third-order valence-electron chi connectivity index (χ3n) is 4.32. The zero-order chi connectivity index (χ0) is 16.8. The third-order valence-corrected chi connectivity index (χ3v) is 4.32. The number of nitrogens with one attached hydrogen (secondary N) is 2. The zero-order valence-corrected chi connectivity index (χ0v) is 14.2. The van der Waals surface area contributed by atoms with E-state index in [9.17, 15) is 0 Å². The maximum atomic E-state index is 5.71. The van der Waals surface area contributed by atoms with Gasteiger partial charge in [0.05, 0.1) is 12.6 Å². The summed E-state index contributed by atoms with van der Waals surface area (Å²) in [5.41, 5.74) is 3.72. The predicted molar refractivity (Wildman–Crippen MR) is 96.5 cm³/mol. The number of hydrogen-bond donors (Lipinski definition) is 2. The maximum Gasteiger partial charge on any atom is 0.191 e. The Morgan fingerprint density at radius 3 is 3.04 bits per heavy atom. The number of para-hydroxylation sites is 1. The van der Waals surface area contributed by atoms with Gasteiger partial charge in [0.2, 0.25) is 0 Å². The number of guanidine groups is 1. The van der Waals surface area contributed by atoms with Crippen LogP contribution >= 0.6 is 0 Å². The number of benzene rings is 1. The van der Waals surface area contributed by atoms with Crippen LogP contribution in [0, 0.1) is 6.92 Å². The summed E-state index contributed by atoms with van der Waals surface area (Å²) >= 11 is 0. The van der Waals surface area contributed by atoms with E-state index < -0.39 is 0 Å². The van der Waals surface area contributed by atoms with E-state index >= 15 is 0 Å². The summed E-state index contributed by atoms with van der Waals surface area (Å²) in [4.78, 5) is 8.48. The first-order valence-electron chi connectivity index (χ1n) is 8.36. The molecule has 0 fully saturated rings. The number of nitrogens with zero attached hydrogens (tertiary/aromatic N) is 2. The van der Waals surface area contributed by atoms with Crippen LogP contribution in [0.3, 0.4) is 0 Å². The highest BCUT2D eigenvalue weighted by atomic mass is 16.5. The van der Waals surface area contributed by atoms with E-state index in [0.717, 1.165) is 37.7 Å². The molecule has 1 atom stereocenters. The summed E-state index contributed by atoms with van der Waals surface area (Å²) in [6, 6.07) is 10.5. The van der Waals surface area contributed by atoms with E-state index in [1.54, 1.807) is 7.05 Å². The Morgan fingerprint density at radius 2 is 2.21 bits per heavy atom. The van der Waals surface area contributed by atoms with Crippen LogP contribution in [0.5, 0.6) is 5.75 Å². The zero-order valence-electron chi connectivity index (χ0n) is 14.2. The van der Waals surface area contributed by atoms with Gasteiger partial charge in [0.1, 0.15) is 5.75 Å². The average molecular weight is 324 g/mol. The number of hydrogen-bond acceptors (Lipinski definition) is 3. The molecule has 5 heteroatoms. The first-order chi connectivity index (χ1) is 11.8. The van der Waals surface area contributed by atoms with E-state index in [1.165, 1.54) is 16.7 Å². The van der Waals surface area contributed by atoms with Gasteiger partial charge in [-0.15, -0.1) is 0 Å². The van der Waals surface area contributed by atoms with Crippen LogP contribution in [0.15, 0.2) is 47.7 Å². The fourth-order valence-electron chi connectivity index (χ4n) is 2.95. The molecular weight excluding hydrogens is 300 g/mol. The molecule has 1 aromatic carbocycles. The van der Waals surface area contributed by atoms with Crippen molar-refractivity contribution in [3.8, 4) is 5.75 Å². The van der Waals surface area contributed by atoms with Crippen LogP contribution in [0.1, 0.15) is 29.2 Å². The van der Waals surface area contributed by atoms with Crippen molar-refractivity contribution in [2.24, 2.45) is 4.99 Å². The largest absolute Gasteiger partial charge is 0.493 e. The van der Waals surface area contributed by atoms with E-state index in [-0.39, 0.29) is 6.04 Å². The van der Waals surface area contributed by atoms with Gasteiger partial charge in [0.15, 0.2) is 5.96 Å². The molecular formula is C19H24N4O. The molecule has 24 heavy (non-hydrogen) atoms. The molecule has 3 rings (SSSR count). The number of rotatable bonds is 4. The molecule has 0 saturated carbocycles. The fraction of sp³-hybridized carbons (Fsp3) is 0.368. The summed E-state index contributed by atoms with van der Waals surface area (Å²) in [5, 5.41) is 6.91. The first-order valence-corrected chi connectivity index (χ1v) is 8.36. The van der Waals surface area contributed by atoms with Crippen molar-refractivity contribution in [1.29, 1.82) is 0 Å². The lowest BCUT2D eigenvalue weighted by atomic mass is 10.0. The lowest BCUT2D eigenvalue weighted by molar-refractivity contribution is 0.261. The number of pyridine rings is 1. The van der Waals surface area contributed by atoms with E-state index in [2.05, 4.69) is 39.7 Å². The molecule has 1 unspecified atom stereocenters. The van der Waals surface area contributed by atoms with Gasteiger partial charge in [-0.1, -0.05) is 18.2 Å². The van der Waals surface area contributed by atoms with E-state index in [1.807, 2.05) is 30.6 Å². The average Bonchev–Trinajstić information content (AvgIpc) is 2.62.